The third-order valence-corrected chi connectivity index (χ3v) is 5.51. The molecule has 4 aromatic rings. The van der Waals surface area contributed by atoms with Crippen molar-refractivity contribution in [1.29, 1.82) is 0 Å². The lowest BCUT2D eigenvalue weighted by molar-refractivity contribution is -0.134. The van der Waals surface area contributed by atoms with Gasteiger partial charge in [-0.3, -0.25) is 0 Å². The lowest BCUT2D eigenvalue weighted by Crippen LogP contribution is -2.05. The predicted molar refractivity (Wildman–Crippen MR) is 130 cm³/mol. The Bertz CT molecular complexity index is 1330. The number of rotatable bonds is 6. The fourth-order valence-electron chi connectivity index (χ4n) is 3.95. The molecule has 0 fully saturated rings. The fourth-order valence-corrected chi connectivity index (χ4v) is 3.95. The van der Waals surface area contributed by atoms with E-state index >= 15 is 0 Å². The molecule has 166 valence electrons. The number of esters is 2. The summed E-state index contributed by atoms with van der Waals surface area (Å²) in [7, 11) is 1.36. The second-order valence-corrected chi connectivity index (χ2v) is 7.93. The van der Waals surface area contributed by atoms with Crippen LogP contribution in [-0.2, 0) is 20.9 Å². The molecule has 0 aliphatic heterocycles. The molecule has 0 saturated heterocycles. The number of carbonyl (C=O) groups excluding carboxylic acids is 2. The van der Waals surface area contributed by atoms with Gasteiger partial charge in [0.05, 0.1) is 12.7 Å². The van der Waals surface area contributed by atoms with Gasteiger partial charge in [0.25, 0.3) is 0 Å². The van der Waals surface area contributed by atoms with Gasteiger partial charge in [-0.1, -0.05) is 48.5 Å². The van der Waals surface area contributed by atoms with Gasteiger partial charge in [-0.2, -0.15) is 0 Å². The highest BCUT2D eigenvalue weighted by Crippen LogP contribution is 2.31. The summed E-state index contributed by atoms with van der Waals surface area (Å²) < 4.78 is 10.1. The van der Waals surface area contributed by atoms with Gasteiger partial charge in [-0.25, -0.2) is 9.59 Å². The molecule has 0 bridgehead atoms. The van der Waals surface area contributed by atoms with Gasteiger partial charge in [0.2, 0.25) is 0 Å². The maximum absolute atomic E-state index is 12.5. The Hall–Kier alpha value is -4.12. The molecular weight excluding hydrogens is 414 g/mol. The van der Waals surface area contributed by atoms with Crippen LogP contribution in [-0.4, -0.2) is 24.0 Å². The minimum absolute atomic E-state index is 0.239. The summed E-state index contributed by atoms with van der Waals surface area (Å²) in [5, 5.41) is 1.01. The Morgan fingerprint density at radius 2 is 1.67 bits per heavy atom. The summed E-state index contributed by atoms with van der Waals surface area (Å²) >= 11 is 0. The third kappa shape index (κ3) is 5.04. The van der Waals surface area contributed by atoms with Crippen molar-refractivity contribution in [3.05, 3.63) is 101 Å². The SMILES string of the molecule is COC(=O)/C=C/c1cc(C)c(-c2cc3ccc(C(=O)OCc4ccccc4)cc3[nH]2)c(C)c1. The maximum atomic E-state index is 12.5. The molecule has 3 aromatic carbocycles. The number of methoxy groups -OCH3 is 1. The number of aromatic nitrogens is 1. The van der Waals surface area contributed by atoms with Crippen LogP contribution in [0, 0.1) is 13.8 Å². The van der Waals surface area contributed by atoms with Crippen LogP contribution >= 0.6 is 0 Å². The normalized spacial score (nSPS) is 11.1. The van der Waals surface area contributed by atoms with Crippen LogP contribution in [0.4, 0.5) is 0 Å². The van der Waals surface area contributed by atoms with Crippen molar-refractivity contribution in [3.63, 3.8) is 0 Å². The van der Waals surface area contributed by atoms with E-state index in [1.54, 1.807) is 12.1 Å². The second kappa shape index (κ2) is 9.57. The Balaban J connectivity index is 1.58. The minimum atomic E-state index is -0.386. The van der Waals surface area contributed by atoms with Crippen LogP contribution in [0.2, 0.25) is 0 Å². The summed E-state index contributed by atoms with van der Waals surface area (Å²) in [4.78, 5) is 27.4. The molecule has 1 N–H and O–H groups in total. The van der Waals surface area contributed by atoms with E-state index in [-0.39, 0.29) is 18.5 Å². The van der Waals surface area contributed by atoms with Gasteiger partial charge in [0, 0.05) is 28.2 Å². The first-order chi connectivity index (χ1) is 15.9. The van der Waals surface area contributed by atoms with Crippen LogP contribution in [0.5, 0.6) is 0 Å². The van der Waals surface area contributed by atoms with Crippen molar-refractivity contribution in [2.45, 2.75) is 20.5 Å². The molecule has 0 aliphatic rings. The highest BCUT2D eigenvalue weighted by atomic mass is 16.5. The van der Waals surface area contributed by atoms with Crippen molar-refractivity contribution in [2.24, 2.45) is 0 Å². The zero-order valence-electron chi connectivity index (χ0n) is 18.8. The fraction of sp³-hybridized carbons (Fsp3) is 0.143. The first kappa shape index (κ1) is 22.1. The number of aryl methyl sites for hydroxylation is 2. The first-order valence-corrected chi connectivity index (χ1v) is 10.7. The molecule has 0 amide bonds. The zero-order valence-corrected chi connectivity index (χ0v) is 18.8. The Kier molecular flexibility index (Phi) is 6.41. The molecule has 1 heterocycles. The van der Waals surface area contributed by atoms with Crippen LogP contribution in [0.25, 0.3) is 28.2 Å². The van der Waals surface area contributed by atoms with Gasteiger partial charge in [-0.05, 0) is 60.4 Å². The van der Waals surface area contributed by atoms with E-state index in [1.807, 2.05) is 68.4 Å². The van der Waals surface area contributed by atoms with Crippen molar-refractivity contribution < 1.29 is 19.1 Å². The molecule has 5 heteroatoms. The van der Waals surface area contributed by atoms with Crippen LogP contribution in [0.15, 0.2) is 72.8 Å². The average Bonchev–Trinajstić information content (AvgIpc) is 3.23. The third-order valence-electron chi connectivity index (χ3n) is 5.51. The molecule has 4 rings (SSSR count). The Morgan fingerprint density at radius 3 is 2.36 bits per heavy atom. The van der Waals surface area contributed by atoms with E-state index in [4.69, 9.17) is 4.74 Å². The number of aromatic amines is 1. The number of hydrogen-bond donors (Lipinski definition) is 1. The molecular formula is C28H25NO4. The van der Waals surface area contributed by atoms with E-state index in [2.05, 4.69) is 15.8 Å². The molecule has 5 nitrogen and oxygen atoms in total. The first-order valence-electron chi connectivity index (χ1n) is 10.7. The smallest absolute Gasteiger partial charge is 0.338 e. The van der Waals surface area contributed by atoms with Gasteiger partial charge >= 0.3 is 11.9 Å². The second-order valence-electron chi connectivity index (χ2n) is 7.93. The lowest BCUT2D eigenvalue weighted by atomic mass is 9.96. The Labute approximate surface area is 192 Å². The molecule has 1 aromatic heterocycles. The van der Waals surface area contributed by atoms with E-state index in [0.29, 0.717) is 5.56 Å². The summed E-state index contributed by atoms with van der Waals surface area (Å²) in [6.07, 6.45) is 3.16. The van der Waals surface area contributed by atoms with E-state index < -0.39 is 0 Å². The number of carbonyl (C=O) groups is 2. The largest absolute Gasteiger partial charge is 0.466 e. The summed E-state index contributed by atoms with van der Waals surface area (Å²) in [6.45, 7) is 4.31. The van der Waals surface area contributed by atoms with Gasteiger partial charge in [0.15, 0.2) is 0 Å². The number of H-pyrrole nitrogens is 1. The van der Waals surface area contributed by atoms with E-state index in [9.17, 15) is 9.59 Å². The standard InChI is InChI=1S/C28H25NO4/c1-18-13-21(9-12-26(30)32-3)14-19(2)27(18)25-15-22-10-11-23(16-24(22)29-25)28(31)33-17-20-7-5-4-6-8-20/h4-16,29H,17H2,1-3H3/b12-9+. The zero-order chi connectivity index (χ0) is 23.4. The van der Waals surface area contributed by atoms with Crippen molar-refractivity contribution in [3.8, 4) is 11.3 Å². The summed E-state index contributed by atoms with van der Waals surface area (Å²) in [5.74, 6) is -0.742. The predicted octanol–water partition coefficient (Wildman–Crippen LogP) is 5.99. The summed E-state index contributed by atoms with van der Waals surface area (Å²) in [5.41, 5.74) is 7.47. The monoisotopic (exact) mass is 439 g/mol. The van der Waals surface area contributed by atoms with Crippen LogP contribution in [0.1, 0.15) is 32.6 Å². The number of nitrogens with one attached hydrogen (secondary N) is 1. The van der Waals surface area contributed by atoms with Gasteiger partial charge < -0.3 is 14.5 Å². The topological polar surface area (TPSA) is 68.4 Å². The Morgan fingerprint density at radius 1 is 0.939 bits per heavy atom. The number of fused-ring (bicyclic) bond motifs is 1. The lowest BCUT2D eigenvalue weighted by Gasteiger charge is -2.10. The number of hydrogen-bond acceptors (Lipinski definition) is 4. The molecule has 0 radical (unpaired) electrons. The number of ether oxygens (including phenoxy) is 2. The number of benzene rings is 3. The van der Waals surface area contributed by atoms with Crippen molar-refractivity contribution in [1.82, 2.24) is 4.98 Å². The molecule has 0 spiro atoms. The van der Waals surface area contributed by atoms with Gasteiger partial charge in [0.1, 0.15) is 6.61 Å². The quantitative estimate of drug-likeness (QED) is 0.296. The molecule has 33 heavy (non-hydrogen) atoms. The molecule has 0 unspecified atom stereocenters. The van der Waals surface area contributed by atoms with E-state index in [0.717, 1.165) is 44.4 Å². The maximum Gasteiger partial charge on any atom is 0.338 e. The molecule has 0 saturated carbocycles. The highest BCUT2D eigenvalue weighted by molar-refractivity contribution is 5.96. The summed E-state index contributed by atoms with van der Waals surface area (Å²) in [6, 6.07) is 21.3. The average molecular weight is 440 g/mol. The highest BCUT2D eigenvalue weighted by Gasteiger charge is 2.13. The minimum Gasteiger partial charge on any atom is -0.466 e. The van der Waals surface area contributed by atoms with Crippen LogP contribution in [0.3, 0.4) is 0 Å². The van der Waals surface area contributed by atoms with E-state index in [1.165, 1.54) is 13.2 Å². The molecule has 0 atom stereocenters. The molecule has 0 aliphatic carbocycles. The van der Waals surface area contributed by atoms with Crippen LogP contribution < -0.4 is 0 Å². The van der Waals surface area contributed by atoms with Crippen molar-refractivity contribution >= 4 is 28.9 Å². The van der Waals surface area contributed by atoms with Crippen molar-refractivity contribution in [2.75, 3.05) is 7.11 Å². The van der Waals surface area contributed by atoms with Gasteiger partial charge in [-0.15, -0.1) is 0 Å².